The molecule has 0 fully saturated rings. The Bertz CT molecular complexity index is 845. The van der Waals surface area contributed by atoms with E-state index in [4.69, 9.17) is 0 Å². The highest BCUT2D eigenvalue weighted by Gasteiger charge is 2.29. The van der Waals surface area contributed by atoms with Gasteiger partial charge in [-0.05, 0) is 42.3 Å². The summed E-state index contributed by atoms with van der Waals surface area (Å²) in [5, 5.41) is 4.24. The Morgan fingerprint density at radius 1 is 1.00 bits per heavy atom. The molecular formula is C19H15F3N2. The number of aromatic nitrogens is 2. The first-order chi connectivity index (χ1) is 11.4. The van der Waals surface area contributed by atoms with Crippen LogP contribution in [-0.2, 0) is 6.18 Å². The largest absolute Gasteiger partial charge is 0.416 e. The molecule has 2 aromatic carbocycles. The summed E-state index contributed by atoms with van der Waals surface area (Å²) >= 11 is 0. The van der Waals surface area contributed by atoms with E-state index in [0.29, 0.717) is 5.56 Å². The monoisotopic (exact) mass is 328 g/mol. The van der Waals surface area contributed by atoms with E-state index >= 15 is 0 Å². The fourth-order valence-corrected chi connectivity index (χ4v) is 2.37. The van der Waals surface area contributed by atoms with Crippen molar-refractivity contribution < 1.29 is 13.2 Å². The first-order valence-corrected chi connectivity index (χ1v) is 7.39. The number of benzene rings is 2. The van der Waals surface area contributed by atoms with Gasteiger partial charge in [0.05, 0.1) is 11.3 Å². The molecule has 0 unspecified atom stereocenters. The molecule has 24 heavy (non-hydrogen) atoms. The van der Waals surface area contributed by atoms with Crippen LogP contribution in [0.2, 0.25) is 0 Å². The summed E-state index contributed by atoms with van der Waals surface area (Å²) in [6.07, 6.45) is 2.90. The van der Waals surface area contributed by atoms with Gasteiger partial charge >= 0.3 is 6.18 Å². The third kappa shape index (κ3) is 3.56. The number of hydrogen-bond donors (Lipinski definition) is 0. The van der Waals surface area contributed by atoms with Crippen molar-refractivity contribution in [3.05, 3.63) is 83.2 Å². The molecule has 0 bridgehead atoms. The topological polar surface area (TPSA) is 17.8 Å². The van der Waals surface area contributed by atoms with Gasteiger partial charge < -0.3 is 0 Å². The lowest BCUT2D eigenvalue weighted by molar-refractivity contribution is -0.137. The maximum Gasteiger partial charge on any atom is 0.416 e. The zero-order chi connectivity index (χ0) is 17.2. The Hall–Kier alpha value is -2.82. The van der Waals surface area contributed by atoms with Gasteiger partial charge in [-0.3, -0.25) is 0 Å². The van der Waals surface area contributed by atoms with Crippen molar-refractivity contribution in [3.63, 3.8) is 0 Å². The van der Waals surface area contributed by atoms with E-state index in [9.17, 15) is 13.2 Å². The van der Waals surface area contributed by atoms with Crippen molar-refractivity contribution in [1.82, 2.24) is 9.78 Å². The van der Waals surface area contributed by atoms with Crippen LogP contribution in [-0.4, -0.2) is 9.78 Å². The van der Waals surface area contributed by atoms with Crippen molar-refractivity contribution >= 4 is 12.2 Å². The maximum absolute atomic E-state index is 12.6. The lowest BCUT2D eigenvalue weighted by Crippen LogP contribution is -2.03. The molecule has 5 heteroatoms. The number of nitrogens with zero attached hydrogens (tertiary/aromatic N) is 2. The van der Waals surface area contributed by atoms with Crippen molar-refractivity contribution in [3.8, 4) is 5.69 Å². The van der Waals surface area contributed by atoms with Crippen molar-refractivity contribution in [2.75, 3.05) is 0 Å². The Morgan fingerprint density at radius 3 is 2.38 bits per heavy atom. The quantitative estimate of drug-likeness (QED) is 0.591. The van der Waals surface area contributed by atoms with E-state index in [-0.39, 0.29) is 0 Å². The van der Waals surface area contributed by atoms with Crippen LogP contribution in [0.25, 0.3) is 17.8 Å². The van der Waals surface area contributed by atoms with Gasteiger partial charge in [-0.15, -0.1) is 0 Å². The highest BCUT2D eigenvalue weighted by molar-refractivity contribution is 5.74. The van der Waals surface area contributed by atoms with Crippen LogP contribution in [0, 0.1) is 6.92 Å². The van der Waals surface area contributed by atoms with E-state index in [0.717, 1.165) is 28.9 Å². The molecule has 1 heterocycles. The maximum atomic E-state index is 12.6. The molecule has 0 aliphatic carbocycles. The average Bonchev–Trinajstić information content (AvgIpc) is 3.07. The second kappa shape index (κ2) is 6.35. The van der Waals surface area contributed by atoms with Crippen molar-refractivity contribution in [1.29, 1.82) is 0 Å². The van der Waals surface area contributed by atoms with Gasteiger partial charge in [0.15, 0.2) is 0 Å². The number of aryl methyl sites for hydroxylation is 1. The third-order valence-corrected chi connectivity index (χ3v) is 3.63. The molecule has 0 aliphatic rings. The highest BCUT2D eigenvalue weighted by Crippen LogP contribution is 2.29. The lowest BCUT2D eigenvalue weighted by Gasteiger charge is -2.08. The Labute approximate surface area is 137 Å². The van der Waals surface area contributed by atoms with Gasteiger partial charge in [0.2, 0.25) is 0 Å². The van der Waals surface area contributed by atoms with Crippen LogP contribution in [0.1, 0.15) is 22.3 Å². The molecule has 0 saturated carbocycles. The normalized spacial score (nSPS) is 12.0. The standard InChI is InChI=1S/C19H15F3N2/c1-14-3-7-16(18(13-14)24-12-2-11-23-24)8-4-15-5-9-17(10-6-15)19(20,21)22/h2-13H,1H3/b8-4+. The van der Waals surface area contributed by atoms with E-state index < -0.39 is 11.7 Å². The summed E-state index contributed by atoms with van der Waals surface area (Å²) in [5.41, 5.74) is 3.02. The molecule has 0 atom stereocenters. The molecular weight excluding hydrogens is 313 g/mol. The molecule has 2 nitrogen and oxygen atoms in total. The lowest BCUT2D eigenvalue weighted by atomic mass is 10.1. The second-order valence-corrected chi connectivity index (χ2v) is 5.47. The minimum atomic E-state index is -4.31. The van der Waals surface area contributed by atoms with Crippen molar-refractivity contribution in [2.24, 2.45) is 0 Å². The van der Waals surface area contributed by atoms with Crippen molar-refractivity contribution in [2.45, 2.75) is 13.1 Å². The predicted molar refractivity (Wildman–Crippen MR) is 88.7 cm³/mol. The van der Waals surface area contributed by atoms with Gasteiger partial charge in [-0.1, -0.05) is 36.4 Å². The zero-order valence-corrected chi connectivity index (χ0v) is 13.0. The summed E-state index contributed by atoms with van der Waals surface area (Å²) in [5.74, 6) is 0. The summed E-state index contributed by atoms with van der Waals surface area (Å²) < 4.78 is 39.5. The Morgan fingerprint density at radius 2 is 1.75 bits per heavy atom. The molecule has 0 amide bonds. The molecule has 0 radical (unpaired) electrons. The fourth-order valence-electron chi connectivity index (χ4n) is 2.37. The van der Waals surface area contributed by atoms with Crippen LogP contribution in [0.5, 0.6) is 0 Å². The molecule has 3 rings (SSSR count). The summed E-state index contributed by atoms with van der Waals surface area (Å²) in [6.45, 7) is 2.00. The molecule has 0 spiro atoms. The number of hydrogen-bond acceptors (Lipinski definition) is 1. The molecule has 0 saturated heterocycles. The minimum absolute atomic E-state index is 0.646. The van der Waals surface area contributed by atoms with Gasteiger partial charge in [-0.25, -0.2) is 4.68 Å². The minimum Gasteiger partial charge on any atom is -0.240 e. The van der Waals surface area contributed by atoms with Gasteiger partial charge in [0.1, 0.15) is 0 Å². The predicted octanol–water partition coefficient (Wildman–Crippen LogP) is 5.37. The second-order valence-electron chi connectivity index (χ2n) is 5.47. The summed E-state index contributed by atoms with van der Waals surface area (Å²) in [4.78, 5) is 0. The van der Waals surface area contributed by atoms with Crippen LogP contribution in [0.4, 0.5) is 13.2 Å². The van der Waals surface area contributed by atoms with Crippen LogP contribution in [0.3, 0.4) is 0 Å². The Balaban J connectivity index is 1.90. The molecule has 0 aliphatic heterocycles. The fraction of sp³-hybridized carbons (Fsp3) is 0.105. The highest BCUT2D eigenvalue weighted by atomic mass is 19.4. The first kappa shape index (κ1) is 16.1. The molecule has 0 N–H and O–H groups in total. The van der Waals surface area contributed by atoms with Crippen LogP contribution < -0.4 is 0 Å². The Kier molecular flexibility index (Phi) is 4.25. The van der Waals surface area contributed by atoms with Gasteiger partial charge in [-0.2, -0.15) is 18.3 Å². The van der Waals surface area contributed by atoms with E-state index in [1.165, 1.54) is 12.1 Å². The van der Waals surface area contributed by atoms with Crippen LogP contribution >= 0.6 is 0 Å². The zero-order valence-electron chi connectivity index (χ0n) is 13.0. The smallest absolute Gasteiger partial charge is 0.240 e. The first-order valence-electron chi connectivity index (χ1n) is 7.39. The van der Waals surface area contributed by atoms with E-state index in [1.807, 2.05) is 43.5 Å². The molecule has 122 valence electrons. The summed E-state index contributed by atoms with van der Waals surface area (Å²) in [7, 11) is 0. The number of halogens is 3. The summed E-state index contributed by atoms with van der Waals surface area (Å²) in [6, 6.07) is 12.9. The van der Waals surface area contributed by atoms with Crippen LogP contribution in [0.15, 0.2) is 60.9 Å². The molecule has 3 aromatic rings. The average molecular weight is 328 g/mol. The van der Waals surface area contributed by atoms with Gasteiger partial charge in [0, 0.05) is 18.0 Å². The van der Waals surface area contributed by atoms with Gasteiger partial charge in [0.25, 0.3) is 0 Å². The SMILES string of the molecule is Cc1ccc(/C=C/c2ccc(C(F)(F)F)cc2)c(-n2cccn2)c1. The van der Waals surface area contributed by atoms with E-state index in [1.54, 1.807) is 17.0 Å². The number of alkyl halides is 3. The third-order valence-electron chi connectivity index (χ3n) is 3.63. The molecule has 1 aromatic heterocycles. The number of rotatable bonds is 3. The van der Waals surface area contributed by atoms with E-state index in [2.05, 4.69) is 5.10 Å².